The van der Waals surface area contributed by atoms with Crippen LogP contribution in [0.5, 0.6) is 0 Å². The van der Waals surface area contributed by atoms with Crippen molar-refractivity contribution < 1.29 is 19.1 Å². The van der Waals surface area contributed by atoms with Gasteiger partial charge in [0.25, 0.3) is 5.91 Å². The molecule has 2 aliphatic rings. The number of rotatable bonds is 5. The first-order valence-electron chi connectivity index (χ1n) is 11.7. The van der Waals surface area contributed by atoms with Crippen molar-refractivity contribution >= 4 is 35.4 Å². The molecular formula is C26H31N3O4S. The molecule has 1 unspecified atom stereocenters. The van der Waals surface area contributed by atoms with Crippen molar-refractivity contribution in [1.82, 2.24) is 10.2 Å². The van der Waals surface area contributed by atoms with Crippen LogP contribution in [0.1, 0.15) is 52.2 Å². The number of hydrogen-bond acceptors (Lipinski definition) is 5. The van der Waals surface area contributed by atoms with Crippen molar-refractivity contribution in [3.8, 4) is 0 Å². The van der Waals surface area contributed by atoms with Gasteiger partial charge in [0.2, 0.25) is 5.91 Å². The second kappa shape index (κ2) is 10.5. The van der Waals surface area contributed by atoms with E-state index in [0.717, 1.165) is 16.8 Å². The minimum Gasteiger partial charge on any atom is -0.450 e. The fraction of sp³-hybridized carbons (Fsp3) is 0.423. The molecule has 2 heterocycles. The number of nitrogens with one attached hydrogen (secondary N) is 1. The van der Waals surface area contributed by atoms with Gasteiger partial charge in [0, 0.05) is 30.4 Å². The van der Waals surface area contributed by atoms with Crippen LogP contribution in [0.25, 0.3) is 0 Å². The van der Waals surface area contributed by atoms with E-state index in [-0.39, 0.29) is 29.3 Å². The number of likely N-dealkylation sites (tertiary alicyclic amines) is 1. The fourth-order valence-electron chi connectivity index (χ4n) is 4.42. The molecule has 0 aliphatic carbocycles. The molecular weight excluding hydrogens is 450 g/mol. The number of carbonyl (C=O) groups excluding carboxylic acids is 3. The van der Waals surface area contributed by atoms with Crippen LogP contribution in [0.15, 0.2) is 42.5 Å². The minimum absolute atomic E-state index is 0.0145. The smallest absolute Gasteiger partial charge is 0.409 e. The molecule has 0 radical (unpaired) electrons. The molecule has 0 spiro atoms. The normalized spacial score (nSPS) is 18.8. The van der Waals surface area contributed by atoms with Gasteiger partial charge in [-0.2, -0.15) is 0 Å². The van der Waals surface area contributed by atoms with Gasteiger partial charge in [0.15, 0.2) is 0 Å². The summed E-state index contributed by atoms with van der Waals surface area (Å²) in [7, 11) is 0. The summed E-state index contributed by atoms with van der Waals surface area (Å²) in [5, 5.41) is 3.02. The summed E-state index contributed by atoms with van der Waals surface area (Å²) >= 11 is 1.62. The summed E-state index contributed by atoms with van der Waals surface area (Å²) in [6.07, 6.45) is 1.09. The van der Waals surface area contributed by atoms with E-state index >= 15 is 0 Å². The first-order chi connectivity index (χ1) is 16.4. The average molecular weight is 482 g/mol. The maximum absolute atomic E-state index is 12.9. The first-order valence-corrected chi connectivity index (χ1v) is 12.8. The maximum atomic E-state index is 12.9. The third-order valence-corrected chi connectivity index (χ3v) is 7.52. The van der Waals surface area contributed by atoms with Gasteiger partial charge in [-0.3, -0.25) is 14.5 Å². The molecule has 34 heavy (non-hydrogen) atoms. The number of aryl methyl sites for hydroxylation is 2. The number of piperidine rings is 1. The average Bonchev–Trinajstić information content (AvgIpc) is 3.21. The Balaban J connectivity index is 1.42. The topological polar surface area (TPSA) is 79.0 Å². The molecule has 180 valence electrons. The van der Waals surface area contributed by atoms with Crippen LogP contribution in [-0.4, -0.2) is 54.3 Å². The molecule has 0 aromatic heterocycles. The highest BCUT2D eigenvalue weighted by atomic mass is 32.2. The lowest BCUT2D eigenvalue weighted by Gasteiger charge is -2.31. The van der Waals surface area contributed by atoms with E-state index < -0.39 is 0 Å². The molecule has 0 bridgehead atoms. The summed E-state index contributed by atoms with van der Waals surface area (Å²) in [4.78, 5) is 41.1. The summed E-state index contributed by atoms with van der Waals surface area (Å²) in [6, 6.07) is 13.8. The highest BCUT2D eigenvalue weighted by Crippen LogP contribution is 2.42. The summed E-state index contributed by atoms with van der Waals surface area (Å²) in [5.74, 6) is 0.371. The number of hydrogen-bond donors (Lipinski definition) is 1. The summed E-state index contributed by atoms with van der Waals surface area (Å²) < 4.78 is 5.05. The van der Waals surface area contributed by atoms with E-state index in [2.05, 4.69) is 29.6 Å². The second-order valence-corrected chi connectivity index (χ2v) is 9.84. The second-order valence-electron chi connectivity index (χ2n) is 8.77. The lowest BCUT2D eigenvalue weighted by atomic mass is 10.0. The fourth-order valence-corrected chi connectivity index (χ4v) is 5.59. The predicted molar refractivity (Wildman–Crippen MR) is 134 cm³/mol. The van der Waals surface area contributed by atoms with E-state index in [9.17, 15) is 14.4 Å². The predicted octanol–water partition coefficient (Wildman–Crippen LogP) is 4.43. The molecule has 2 fully saturated rings. The van der Waals surface area contributed by atoms with E-state index in [4.69, 9.17) is 4.74 Å². The van der Waals surface area contributed by atoms with E-state index in [1.807, 2.05) is 30.9 Å². The van der Waals surface area contributed by atoms with Crippen LogP contribution in [-0.2, 0) is 9.53 Å². The van der Waals surface area contributed by atoms with Gasteiger partial charge in [-0.1, -0.05) is 29.8 Å². The van der Waals surface area contributed by atoms with Crippen molar-refractivity contribution in [3.05, 3.63) is 64.7 Å². The molecule has 2 aromatic carbocycles. The quantitative estimate of drug-likeness (QED) is 0.683. The van der Waals surface area contributed by atoms with Gasteiger partial charge in [-0.25, -0.2) is 4.79 Å². The molecule has 1 atom stereocenters. The Morgan fingerprint density at radius 2 is 1.79 bits per heavy atom. The Labute approximate surface area is 204 Å². The highest BCUT2D eigenvalue weighted by Gasteiger charge is 2.35. The molecule has 8 heteroatoms. The number of anilines is 1. The van der Waals surface area contributed by atoms with E-state index in [1.54, 1.807) is 29.7 Å². The number of thioether (sulfide) groups is 1. The minimum atomic E-state index is -0.294. The Bertz CT molecular complexity index is 1060. The van der Waals surface area contributed by atoms with Crippen LogP contribution >= 0.6 is 11.8 Å². The number of nitrogens with zero attached hydrogens (tertiary/aromatic N) is 2. The first kappa shape index (κ1) is 24.1. The molecule has 3 amide bonds. The van der Waals surface area contributed by atoms with Crippen LogP contribution in [0.3, 0.4) is 0 Å². The Hall–Kier alpha value is -3.00. The monoisotopic (exact) mass is 481 g/mol. The lowest BCUT2D eigenvalue weighted by molar-refractivity contribution is -0.115. The molecule has 7 nitrogen and oxygen atoms in total. The van der Waals surface area contributed by atoms with E-state index in [0.29, 0.717) is 43.9 Å². The summed E-state index contributed by atoms with van der Waals surface area (Å²) in [5.41, 5.74) is 4.57. The van der Waals surface area contributed by atoms with E-state index in [1.165, 1.54) is 5.56 Å². The number of ether oxygens (including phenoxy) is 1. The Kier molecular flexibility index (Phi) is 7.46. The number of carbonyl (C=O) groups is 3. The van der Waals surface area contributed by atoms with Crippen molar-refractivity contribution in [2.45, 2.75) is 45.0 Å². The number of amides is 3. The third-order valence-electron chi connectivity index (χ3n) is 6.31. The van der Waals surface area contributed by atoms with Gasteiger partial charge in [0.1, 0.15) is 5.37 Å². The maximum Gasteiger partial charge on any atom is 0.409 e. The standard InChI is InChI=1S/C26H31N3O4S/c1-4-33-26(32)28-13-11-21(12-14-28)27-24(31)20-9-10-22(18(3)15-20)29-23(30)16-34-25(29)19-7-5-17(2)6-8-19/h5-10,15,21,25H,4,11-14,16H2,1-3H3,(H,27,31). The zero-order chi connectivity index (χ0) is 24.2. The molecule has 0 saturated carbocycles. The zero-order valence-electron chi connectivity index (χ0n) is 19.9. The van der Waals surface area contributed by atoms with Crippen LogP contribution in [0.2, 0.25) is 0 Å². The molecule has 1 N–H and O–H groups in total. The van der Waals surface area contributed by atoms with Crippen molar-refractivity contribution in [2.75, 3.05) is 30.3 Å². The Morgan fingerprint density at radius 3 is 2.44 bits per heavy atom. The van der Waals surface area contributed by atoms with Crippen LogP contribution in [0, 0.1) is 13.8 Å². The molecule has 2 saturated heterocycles. The van der Waals surface area contributed by atoms with Crippen LogP contribution < -0.4 is 10.2 Å². The van der Waals surface area contributed by atoms with Gasteiger partial charge in [0.05, 0.1) is 12.4 Å². The van der Waals surface area contributed by atoms with Crippen LogP contribution in [0.4, 0.5) is 10.5 Å². The molecule has 2 aliphatic heterocycles. The van der Waals surface area contributed by atoms with Gasteiger partial charge in [-0.15, -0.1) is 11.8 Å². The van der Waals surface area contributed by atoms with Gasteiger partial charge < -0.3 is 15.0 Å². The Morgan fingerprint density at radius 1 is 1.09 bits per heavy atom. The third kappa shape index (κ3) is 5.22. The van der Waals surface area contributed by atoms with Crippen molar-refractivity contribution in [3.63, 3.8) is 0 Å². The van der Waals surface area contributed by atoms with Gasteiger partial charge in [-0.05, 0) is 62.9 Å². The largest absolute Gasteiger partial charge is 0.450 e. The van der Waals surface area contributed by atoms with Crippen molar-refractivity contribution in [2.24, 2.45) is 0 Å². The highest BCUT2D eigenvalue weighted by molar-refractivity contribution is 8.00. The lowest BCUT2D eigenvalue weighted by Crippen LogP contribution is -2.46. The molecule has 4 rings (SSSR count). The summed E-state index contributed by atoms with van der Waals surface area (Å²) in [6.45, 7) is 7.27. The number of benzene rings is 2. The SMILES string of the molecule is CCOC(=O)N1CCC(NC(=O)c2ccc(N3C(=O)CSC3c3ccc(C)cc3)c(C)c2)CC1. The zero-order valence-corrected chi connectivity index (χ0v) is 20.7. The van der Waals surface area contributed by atoms with Crippen molar-refractivity contribution in [1.29, 1.82) is 0 Å². The molecule has 2 aromatic rings. The van der Waals surface area contributed by atoms with Gasteiger partial charge >= 0.3 is 6.09 Å².